The number of piperidine rings is 1. The van der Waals surface area contributed by atoms with E-state index in [9.17, 15) is 9.90 Å². The third-order valence-electron chi connectivity index (χ3n) is 8.56. The Morgan fingerprint density at radius 3 is 2.67 bits per heavy atom. The lowest BCUT2D eigenvalue weighted by Gasteiger charge is -2.47. The van der Waals surface area contributed by atoms with Gasteiger partial charge in [0.1, 0.15) is 22.9 Å². The number of rotatable bonds is 7. The van der Waals surface area contributed by atoms with Crippen LogP contribution in [0.25, 0.3) is 0 Å². The van der Waals surface area contributed by atoms with Gasteiger partial charge in [-0.05, 0) is 95.5 Å². The number of ether oxygens (including phenoxy) is 1. The lowest BCUT2D eigenvalue weighted by atomic mass is 9.66. The van der Waals surface area contributed by atoms with Crippen LogP contribution in [0, 0.1) is 11.8 Å². The Labute approximate surface area is 200 Å². The van der Waals surface area contributed by atoms with Gasteiger partial charge in [-0.3, -0.25) is 4.79 Å². The van der Waals surface area contributed by atoms with Gasteiger partial charge in [0.05, 0.1) is 0 Å². The van der Waals surface area contributed by atoms with Gasteiger partial charge in [-0.15, -0.1) is 0 Å². The zero-order valence-corrected chi connectivity index (χ0v) is 21.3. The van der Waals surface area contributed by atoms with Crippen molar-refractivity contribution in [2.45, 2.75) is 103 Å². The van der Waals surface area contributed by atoms with Gasteiger partial charge in [0, 0.05) is 29.7 Å². The minimum absolute atomic E-state index is 0.0863. The second-order valence-corrected chi connectivity index (χ2v) is 11.9. The number of phenols is 1. The van der Waals surface area contributed by atoms with Crippen LogP contribution in [0.5, 0.6) is 11.5 Å². The molecule has 2 heterocycles. The maximum absolute atomic E-state index is 12.5. The van der Waals surface area contributed by atoms with Crippen molar-refractivity contribution in [1.29, 1.82) is 0 Å². The lowest BCUT2D eigenvalue weighted by molar-refractivity contribution is -0.123. The number of nitrogens with one attached hydrogen (secondary N) is 1. The van der Waals surface area contributed by atoms with Crippen LogP contribution in [0.15, 0.2) is 23.8 Å². The molecule has 3 aliphatic rings. The second-order valence-electron chi connectivity index (χ2n) is 11.9. The Kier molecular flexibility index (Phi) is 6.96. The minimum atomic E-state index is -0.251. The van der Waals surface area contributed by atoms with Crippen LogP contribution in [0.2, 0.25) is 0 Å². The number of carbonyl (C=O) groups is 1. The molecule has 1 saturated heterocycles. The molecular formula is C29H43NO3. The number of ketones is 1. The van der Waals surface area contributed by atoms with Crippen LogP contribution in [-0.2, 0) is 10.2 Å². The summed E-state index contributed by atoms with van der Waals surface area (Å²) in [4.78, 5) is 12.5. The quantitative estimate of drug-likeness (QED) is 0.370. The first-order valence-electron chi connectivity index (χ1n) is 13.0. The van der Waals surface area contributed by atoms with Crippen molar-refractivity contribution >= 4 is 5.78 Å². The molecule has 0 saturated carbocycles. The number of hydrogen-bond donors (Lipinski definition) is 2. The fourth-order valence-corrected chi connectivity index (χ4v) is 6.31. The fourth-order valence-electron chi connectivity index (χ4n) is 6.31. The Hall–Kier alpha value is -1.81. The number of benzene rings is 1. The number of allylic oxidation sites excluding steroid dienone is 2. The van der Waals surface area contributed by atoms with E-state index < -0.39 is 0 Å². The van der Waals surface area contributed by atoms with Crippen molar-refractivity contribution in [1.82, 2.24) is 5.32 Å². The second kappa shape index (κ2) is 9.44. The molecule has 4 heteroatoms. The van der Waals surface area contributed by atoms with Gasteiger partial charge in [0.25, 0.3) is 0 Å². The Morgan fingerprint density at radius 1 is 1.21 bits per heavy atom. The molecule has 1 aromatic rings. The van der Waals surface area contributed by atoms with Crippen molar-refractivity contribution in [3.63, 3.8) is 0 Å². The summed E-state index contributed by atoms with van der Waals surface area (Å²) in [6, 6.07) is 4.16. The highest BCUT2D eigenvalue weighted by molar-refractivity contribution is 5.81. The number of phenolic OH excluding ortho intramolecular Hbond substituents is 1. The van der Waals surface area contributed by atoms with Crippen LogP contribution in [0.4, 0.5) is 0 Å². The molecule has 2 N–H and O–H groups in total. The molecule has 0 aromatic heterocycles. The third kappa shape index (κ3) is 5.16. The van der Waals surface area contributed by atoms with E-state index in [1.807, 2.05) is 6.07 Å². The largest absolute Gasteiger partial charge is 0.508 e. The predicted octanol–water partition coefficient (Wildman–Crippen LogP) is 6.41. The topological polar surface area (TPSA) is 58.6 Å². The molecule has 0 amide bonds. The number of unbranched alkanes of at least 4 members (excludes halogenated alkanes) is 1. The number of Topliss-reactive ketones (excluding diaryl/α,β-unsaturated/α-hetero) is 1. The Bertz CT molecular complexity index is 908. The highest BCUT2D eigenvalue weighted by Crippen LogP contribution is 2.54. The Morgan fingerprint density at radius 2 is 1.94 bits per heavy atom. The highest BCUT2D eigenvalue weighted by atomic mass is 16.5. The Balaban J connectivity index is 1.44. The number of aromatic hydroxyl groups is 1. The fraction of sp³-hybridized carbons (Fsp3) is 0.690. The van der Waals surface area contributed by atoms with Crippen molar-refractivity contribution < 1.29 is 14.6 Å². The van der Waals surface area contributed by atoms with E-state index >= 15 is 0 Å². The van der Waals surface area contributed by atoms with Crippen LogP contribution in [0.3, 0.4) is 0 Å². The van der Waals surface area contributed by atoms with E-state index in [2.05, 4.69) is 52.1 Å². The molecule has 0 radical (unpaired) electrons. The van der Waals surface area contributed by atoms with Crippen LogP contribution < -0.4 is 10.1 Å². The maximum Gasteiger partial charge on any atom is 0.136 e. The van der Waals surface area contributed by atoms with Gasteiger partial charge < -0.3 is 15.2 Å². The number of fused-ring (bicyclic) bond motifs is 3. The summed E-state index contributed by atoms with van der Waals surface area (Å²) in [6.45, 7) is 13.0. The van der Waals surface area contributed by atoms with E-state index in [0.29, 0.717) is 29.8 Å². The molecule has 33 heavy (non-hydrogen) atoms. The zero-order valence-electron chi connectivity index (χ0n) is 21.3. The summed E-state index contributed by atoms with van der Waals surface area (Å²) in [7, 11) is 0. The van der Waals surface area contributed by atoms with Crippen molar-refractivity contribution in [2.24, 2.45) is 11.8 Å². The molecule has 4 rings (SSSR count). The molecule has 4 nitrogen and oxygen atoms in total. The van der Waals surface area contributed by atoms with Gasteiger partial charge in [0.15, 0.2) is 0 Å². The van der Waals surface area contributed by atoms with Gasteiger partial charge in [-0.1, -0.05) is 31.9 Å². The van der Waals surface area contributed by atoms with Crippen LogP contribution >= 0.6 is 0 Å². The number of hydrogen-bond acceptors (Lipinski definition) is 4. The van der Waals surface area contributed by atoms with Gasteiger partial charge in [0.2, 0.25) is 0 Å². The van der Waals surface area contributed by atoms with E-state index in [1.165, 1.54) is 5.57 Å². The van der Waals surface area contributed by atoms with Crippen molar-refractivity contribution in [3.05, 3.63) is 34.9 Å². The summed E-state index contributed by atoms with van der Waals surface area (Å²) in [5.41, 5.74) is 3.19. The maximum atomic E-state index is 12.5. The monoisotopic (exact) mass is 453 g/mol. The zero-order chi connectivity index (χ0) is 23.8. The van der Waals surface area contributed by atoms with Crippen LogP contribution in [-0.4, -0.2) is 29.6 Å². The lowest BCUT2D eigenvalue weighted by Crippen LogP contribution is -2.45. The van der Waals surface area contributed by atoms with Crippen molar-refractivity contribution in [3.8, 4) is 11.5 Å². The molecule has 2 atom stereocenters. The molecule has 0 spiro atoms. The van der Waals surface area contributed by atoms with Gasteiger partial charge in [-0.25, -0.2) is 0 Å². The summed E-state index contributed by atoms with van der Waals surface area (Å²) in [5.74, 6) is 2.65. The van der Waals surface area contributed by atoms with Gasteiger partial charge in [-0.2, -0.15) is 0 Å². The standard InChI is InChI=1S/C29H43NO3/c1-19-9-10-23-22(16-19)27-25(32)17-21(18-26(27)33-29(23,4)5)28(2,3)13-7-6-8-24(31)20-11-14-30-15-12-20/h9,17-18,20,22-23,30,32H,6-8,10-16H2,1-5H3/t22-,23-/m1/s1. The molecule has 0 bridgehead atoms. The first-order chi connectivity index (χ1) is 15.6. The summed E-state index contributed by atoms with van der Waals surface area (Å²) >= 11 is 0. The SMILES string of the molecule is CC1=CC[C@@H]2[C@@H](C1)c1c(O)cc(C(C)(C)CCCCC(=O)C3CCNCC3)cc1OC2(C)C. The molecule has 182 valence electrons. The van der Waals surface area contributed by atoms with E-state index in [0.717, 1.165) is 74.9 Å². The first kappa shape index (κ1) is 24.3. The predicted molar refractivity (Wildman–Crippen MR) is 134 cm³/mol. The number of carbonyl (C=O) groups excluding carboxylic acids is 1. The first-order valence-corrected chi connectivity index (χ1v) is 13.0. The average Bonchev–Trinajstić information content (AvgIpc) is 2.76. The highest BCUT2D eigenvalue weighted by Gasteiger charge is 2.46. The average molecular weight is 454 g/mol. The molecular weight excluding hydrogens is 410 g/mol. The van der Waals surface area contributed by atoms with E-state index in [1.54, 1.807) is 0 Å². The molecule has 2 aliphatic heterocycles. The van der Waals surface area contributed by atoms with Crippen molar-refractivity contribution in [2.75, 3.05) is 13.1 Å². The summed E-state index contributed by atoms with van der Waals surface area (Å²) < 4.78 is 6.53. The molecule has 1 aliphatic carbocycles. The molecule has 0 unspecified atom stereocenters. The van der Waals surface area contributed by atoms with E-state index in [4.69, 9.17) is 4.74 Å². The van der Waals surface area contributed by atoms with Gasteiger partial charge >= 0.3 is 0 Å². The minimum Gasteiger partial charge on any atom is -0.508 e. The van der Waals surface area contributed by atoms with E-state index in [-0.39, 0.29) is 16.9 Å². The third-order valence-corrected chi connectivity index (χ3v) is 8.56. The summed E-state index contributed by atoms with van der Waals surface area (Å²) in [6.07, 6.45) is 9.97. The smallest absolute Gasteiger partial charge is 0.136 e. The van der Waals surface area contributed by atoms with Crippen LogP contribution in [0.1, 0.15) is 103 Å². The normalized spacial score (nSPS) is 24.9. The molecule has 1 fully saturated rings. The summed E-state index contributed by atoms with van der Waals surface area (Å²) in [5, 5.41) is 14.5. The molecule has 1 aromatic carbocycles.